The molecule has 0 fully saturated rings. The number of rotatable bonds is 0. The molecule has 0 radical (unpaired) electrons. The fraction of sp³-hybridized carbons (Fsp3) is 0. The van der Waals surface area contributed by atoms with Gasteiger partial charge in [0.25, 0.3) is 0 Å². The average Bonchev–Trinajstić information content (AvgIpc) is 0.722. The molecule has 0 saturated heterocycles. The second kappa shape index (κ2) is 7.26. The summed E-state index contributed by atoms with van der Waals surface area (Å²) in [5.74, 6) is 0. The molecule has 0 unspecified atom stereocenters. The van der Waals surface area contributed by atoms with Crippen molar-refractivity contribution in [2.24, 2.45) is 0 Å². The first kappa shape index (κ1) is 16.6. The van der Waals surface area contributed by atoms with Gasteiger partial charge in [0.1, 0.15) is 0 Å². The third-order valence-electron chi connectivity index (χ3n) is 0. The zero-order valence-corrected chi connectivity index (χ0v) is 10.3. The fourth-order valence-corrected chi connectivity index (χ4v) is 0. The van der Waals surface area contributed by atoms with Crippen LogP contribution in [-0.4, -0.2) is 37.7 Å². The van der Waals surface area contributed by atoms with Crippen molar-refractivity contribution in [2.75, 3.05) is 0 Å². The van der Waals surface area contributed by atoms with Crippen LogP contribution in [0.2, 0.25) is 0 Å². The molecule has 0 aromatic heterocycles. The Hall–Kier alpha value is 3.15. The van der Waals surface area contributed by atoms with Crippen molar-refractivity contribution < 1.29 is 64.5 Å². The van der Waals surface area contributed by atoms with Crippen LogP contribution in [0.15, 0.2) is 0 Å². The van der Waals surface area contributed by atoms with Crippen LogP contribution >= 0.6 is 5.49 Å². The molecule has 37 valence electrons. The monoisotopic (exact) mass is 249 g/mol. The molecule has 7 heavy (non-hydrogen) atoms. The Kier molecular flexibility index (Phi) is 17.2. The SMILES string of the molecule is O=[P]([O-])([O-])[Ag-].[Ca+2].[Na+]. The average molecular weight is 250 g/mol. The summed E-state index contributed by atoms with van der Waals surface area (Å²) in [7, 11) is 0. The molecule has 0 aromatic carbocycles. The molecule has 0 amide bonds. The summed E-state index contributed by atoms with van der Waals surface area (Å²) in [5.41, 5.74) is -4.33. The Morgan fingerprint density at radius 2 is 1.43 bits per heavy atom. The molecule has 0 rings (SSSR count). The minimum atomic E-state index is -4.33. The van der Waals surface area contributed by atoms with Crippen molar-refractivity contribution in [1.29, 1.82) is 0 Å². The van der Waals surface area contributed by atoms with Gasteiger partial charge in [-0.05, 0) is 0 Å². The van der Waals surface area contributed by atoms with Gasteiger partial charge < -0.3 is 0 Å². The van der Waals surface area contributed by atoms with Gasteiger partial charge in [0.2, 0.25) is 0 Å². The van der Waals surface area contributed by atoms with E-state index in [1.807, 2.05) is 20.5 Å². The molecule has 0 aliphatic rings. The number of hydrogen-bond acceptors (Lipinski definition) is 3. The van der Waals surface area contributed by atoms with E-state index in [4.69, 9.17) is 14.4 Å². The van der Waals surface area contributed by atoms with E-state index in [1.54, 1.807) is 0 Å². The van der Waals surface area contributed by atoms with E-state index in [9.17, 15) is 0 Å². The minimum absolute atomic E-state index is 0. The molecule has 0 aromatic rings. The van der Waals surface area contributed by atoms with Crippen LogP contribution < -0.4 is 39.3 Å². The molecule has 7 heteroatoms. The van der Waals surface area contributed by atoms with Gasteiger partial charge in [0.15, 0.2) is 0 Å². The summed E-state index contributed by atoms with van der Waals surface area (Å²) >= 11 is 1.84. The van der Waals surface area contributed by atoms with E-state index in [-0.39, 0.29) is 67.3 Å². The largest absolute Gasteiger partial charge is 2.00 e. The molecular formula is AgCaNaO3P. The summed E-state index contributed by atoms with van der Waals surface area (Å²) in [4.78, 5) is 18.0. The predicted molar refractivity (Wildman–Crippen MR) is 13.4 cm³/mol. The van der Waals surface area contributed by atoms with Crippen molar-refractivity contribution in [3.05, 3.63) is 0 Å². The van der Waals surface area contributed by atoms with Crippen LogP contribution in [0.1, 0.15) is 0 Å². The van der Waals surface area contributed by atoms with E-state index in [0.717, 1.165) is 0 Å². The normalized spacial score (nSPS) is 8.57. The van der Waals surface area contributed by atoms with Gasteiger partial charge >= 0.3 is 108 Å². The van der Waals surface area contributed by atoms with Crippen molar-refractivity contribution in [2.45, 2.75) is 0 Å². The first-order valence-corrected chi connectivity index (χ1v) is 4.04. The Labute approximate surface area is 105 Å². The minimum Gasteiger partial charge on any atom is 1.00 e. The molecular weight excluding hydrogens is 250 g/mol. The quantitative estimate of drug-likeness (QED) is 0.319. The van der Waals surface area contributed by atoms with E-state index in [0.29, 0.717) is 0 Å². The molecule has 0 aliphatic carbocycles. The van der Waals surface area contributed by atoms with Gasteiger partial charge in [0, 0.05) is 0 Å². The summed E-state index contributed by atoms with van der Waals surface area (Å²) in [5, 5.41) is 0. The molecule has 0 aliphatic heterocycles. The van der Waals surface area contributed by atoms with Gasteiger partial charge in [-0.15, -0.1) is 0 Å². The Bertz CT molecular complexity index is 61.1. The van der Waals surface area contributed by atoms with Crippen molar-refractivity contribution in [3.63, 3.8) is 0 Å². The van der Waals surface area contributed by atoms with Crippen LogP contribution in [0.4, 0.5) is 0 Å². The maximum absolute atomic E-state index is 9.02. The van der Waals surface area contributed by atoms with Crippen LogP contribution in [0.25, 0.3) is 0 Å². The summed E-state index contributed by atoms with van der Waals surface area (Å²) < 4.78 is 9.02. The van der Waals surface area contributed by atoms with Gasteiger partial charge in [-0.1, -0.05) is 0 Å². The predicted octanol–water partition coefficient (Wildman–Crippen LogP) is -5.01. The molecule has 0 atom stereocenters. The van der Waals surface area contributed by atoms with Crippen LogP contribution in [0.5, 0.6) is 0 Å². The van der Waals surface area contributed by atoms with E-state index < -0.39 is 5.49 Å². The zero-order valence-electron chi connectivity index (χ0n) is 3.68. The summed E-state index contributed by atoms with van der Waals surface area (Å²) in [6, 6.07) is 0. The third kappa shape index (κ3) is 47.1. The Balaban J connectivity index is -0.0000000800. The molecule has 0 saturated carbocycles. The second-order valence-electron chi connectivity index (χ2n) is 0.389. The van der Waals surface area contributed by atoms with Crippen molar-refractivity contribution in [3.8, 4) is 0 Å². The van der Waals surface area contributed by atoms with Gasteiger partial charge in [0.05, 0.1) is 0 Å². The molecule has 0 spiro atoms. The maximum atomic E-state index is 9.02. The molecule has 0 heterocycles. The van der Waals surface area contributed by atoms with Crippen LogP contribution in [0.3, 0.4) is 0 Å². The zero-order chi connectivity index (χ0) is 4.50. The topological polar surface area (TPSA) is 63.2 Å². The number of hydrogen-bond donors (Lipinski definition) is 0. The summed E-state index contributed by atoms with van der Waals surface area (Å²) in [6.07, 6.45) is 0. The van der Waals surface area contributed by atoms with Crippen LogP contribution in [-0.2, 0) is 25.1 Å². The molecule has 0 bridgehead atoms. The second-order valence-corrected chi connectivity index (χ2v) is 3.60. The fourth-order valence-electron chi connectivity index (χ4n) is 0. The van der Waals surface area contributed by atoms with Crippen LogP contribution in [0, 0.1) is 0 Å². The van der Waals surface area contributed by atoms with E-state index >= 15 is 0 Å². The summed E-state index contributed by atoms with van der Waals surface area (Å²) in [6.45, 7) is 0. The van der Waals surface area contributed by atoms with Crippen molar-refractivity contribution in [1.82, 2.24) is 0 Å². The molecule has 0 N–H and O–H groups in total. The van der Waals surface area contributed by atoms with Gasteiger partial charge in [-0.25, -0.2) is 0 Å². The maximum Gasteiger partial charge on any atom is 2.00 e. The third-order valence-corrected chi connectivity index (χ3v) is 0. The smallest absolute Gasteiger partial charge is 1.00 e. The van der Waals surface area contributed by atoms with Gasteiger partial charge in [-0.3, -0.25) is 0 Å². The van der Waals surface area contributed by atoms with Crippen molar-refractivity contribution >= 4 is 43.2 Å². The first-order valence-electron chi connectivity index (χ1n) is 0.683. The molecule has 3 nitrogen and oxygen atoms in total. The Morgan fingerprint density at radius 1 is 1.43 bits per heavy atom. The van der Waals surface area contributed by atoms with E-state index in [1.165, 1.54) is 0 Å². The standard InChI is InChI=1S/Ag.Ca.Na.HO3P/c;;;1-4(2)3/h;;;(H,1,2,3)/q-2;+2;+1;/p-1. The van der Waals surface area contributed by atoms with Gasteiger partial charge in [-0.2, -0.15) is 0 Å². The Morgan fingerprint density at radius 3 is 1.43 bits per heavy atom. The first-order chi connectivity index (χ1) is 2.00. The van der Waals surface area contributed by atoms with E-state index in [2.05, 4.69) is 0 Å².